The molecule has 1 fully saturated rings. The molecular weight excluding hydrogens is 501 g/mol. The van der Waals surface area contributed by atoms with Crippen LogP contribution in [-0.2, 0) is 21.2 Å². The minimum absolute atomic E-state index is 0.0569. The number of halogens is 1. The molecule has 0 heterocycles. The van der Waals surface area contributed by atoms with E-state index < -0.39 is 37.1 Å². The van der Waals surface area contributed by atoms with Gasteiger partial charge in [-0.2, -0.15) is 0 Å². The first kappa shape index (κ1) is 28.5. The van der Waals surface area contributed by atoms with Gasteiger partial charge in [0.1, 0.15) is 6.10 Å². The average Bonchev–Trinajstić information content (AvgIpc) is 2.86. The molecule has 2 aromatic rings. The lowest BCUT2D eigenvalue weighted by atomic mass is 9.86. The predicted octanol–water partition coefficient (Wildman–Crippen LogP) is 4.40. The first-order chi connectivity index (χ1) is 17.5. The minimum Gasteiger partial charge on any atom is -0.483 e. The van der Waals surface area contributed by atoms with Crippen LogP contribution in [0.3, 0.4) is 0 Å². The molecule has 0 unspecified atom stereocenters. The third kappa shape index (κ3) is 7.96. The molecule has 202 valence electrons. The van der Waals surface area contributed by atoms with Crippen molar-refractivity contribution in [2.45, 2.75) is 68.0 Å². The monoisotopic (exact) mass is 535 g/mol. The molecule has 0 radical (unpaired) electrons. The van der Waals surface area contributed by atoms with Crippen molar-refractivity contribution in [3.8, 4) is 5.75 Å². The van der Waals surface area contributed by atoms with Gasteiger partial charge in [-0.05, 0) is 76.7 Å². The van der Waals surface area contributed by atoms with Gasteiger partial charge in [0.2, 0.25) is 0 Å². The van der Waals surface area contributed by atoms with Crippen molar-refractivity contribution in [1.82, 2.24) is 9.62 Å². The Hall–Kier alpha value is -3.05. The Bertz CT molecular complexity index is 1180. The van der Waals surface area contributed by atoms with Gasteiger partial charge in [-0.15, -0.1) is 0 Å². The van der Waals surface area contributed by atoms with E-state index in [1.54, 1.807) is 4.72 Å². The number of sulfonamides is 1. The van der Waals surface area contributed by atoms with Gasteiger partial charge in [0.05, 0.1) is 9.82 Å². The topological polar surface area (TPSA) is 119 Å². The van der Waals surface area contributed by atoms with Crippen molar-refractivity contribution < 1.29 is 27.3 Å². The second kappa shape index (κ2) is 12.5. The summed E-state index contributed by atoms with van der Waals surface area (Å²) in [5.74, 6) is -1.30. The lowest BCUT2D eigenvalue weighted by Gasteiger charge is -2.27. The number of benzene rings is 2. The van der Waals surface area contributed by atoms with Crippen LogP contribution in [0.2, 0.25) is 0 Å². The Morgan fingerprint density at radius 3 is 2.43 bits per heavy atom. The Balaban J connectivity index is 1.79. The van der Waals surface area contributed by atoms with E-state index in [0.717, 1.165) is 24.1 Å². The number of nitrogens with zero attached hydrogens (tertiary/aromatic N) is 2. The summed E-state index contributed by atoms with van der Waals surface area (Å²) in [6.07, 6.45) is 3.19. The number of nitro groups is 1. The van der Waals surface area contributed by atoms with Crippen molar-refractivity contribution >= 4 is 21.6 Å². The smallest absolute Gasteiger partial charge is 0.312 e. The van der Waals surface area contributed by atoms with E-state index in [4.69, 9.17) is 4.74 Å². The summed E-state index contributed by atoms with van der Waals surface area (Å²) >= 11 is 0. The van der Waals surface area contributed by atoms with Crippen LogP contribution in [-0.4, -0.2) is 56.6 Å². The quantitative estimate of drug-likeness (QED) is 0.316. The van der Waals surface area contributed by atoms with Gasteiger partial charge >= 0.3 is 5.69 Å². The molecule has 9 nitrogen and oxygen atoms in total. The van der Waals surface area contributed by atoms with E-state index in [1.165, 1.54) is 6.07 Å². The van der Waals surface area contributed by atoms with E-state index in [0.29, 0.717) is 38.6 Å². The Morgan fingerprint density at radius 1 is 1.14 bits per heavy atom. The molecule has 2 aromatic carbocycles. The van der Waals surface area contributed by atoms with Crippen LogP contribution in [0.5, 0.6) is 5.75 Å². The first-order valence-electron chi connectivity index (χ1n) is 12.4. The SMILES string of the molecule is CN(C)CC[C@H](CCc1ccccc1)Oc1ccc(S(=O)(=O)NC(=O)C2(F)CCCCC2)cc1[N+](=O)[O-]. The second-order valence-electron chi connectivity index (χ2n) is 9.70. The zero-order chi connectivity index (χ0) is 27.1. The van der Waals surface area contributed by atoms with Gasteiger partial charge in [-0.1, -0.05) is 36.8 Å². The number of nitro benzene ring substituents is 1. The third-order valence-corrected chi connectivity index (χ3v) is 7.84. The number of carbonyl (C=O) groups is 1. The second-order valence-corrected chi connectivity index (χ2v) is 11.4. The number of hydrogen-bond acceptors (Lipinski definition) is 7. The number of rotatable bonds is 12. The molecule has 1 N–H and O–H groups in total. The number of aryl methyl sites for hydroxylation is 1. The van der Waals surface area contributed by atoms with Crippen molar-refractivity contribution in [3.05, 3.63) is 64.2 Å². The normalized spacial score (nSPS) is 16.2. The van der Waals surface area contributed by atoms with Crippen LogP contribution < -0.4 is 9.46 Å². The summed E-state index contributed by atoms with van der Waals surface area (Å²) in [6, 6.07) is 13.0. The van der Waals surface area contributed by atoms with Crippen molar-refractivity contribution in [2.24, 2.45) is 0 Å². The molecule has 0 saturated heterocycles. The number of ether oxygens (including phenoxy) is 1. The molecule has 1 atom stereocenters. The molecule has 11 heteroatoms. The number of nitrogens with one attached hydrogen (secondary N) is 1. The largest absolute Gasteiger partial charge is 0.483 e. The molecule has 0 aliphatic heterocycles. The summed E-state index contributed by atoms with van der Waals surface area (Å²) in [5.41, 5.74) is -1.70. The highest BCUT2D eigenvalue weighted by Crippen LogP contribution is 2.34. The van der Waals surface area contributed by atoms with E-state index in [-0.39, 0.29) is 24.7 Å². The molecule has 1 saturated carbocycles. The van der Waals surface area contributed by atoms with Crippen molar-refractivity contribution in [3.63, 3.8) is 0 Å². The third-order valence-electron chi connectivity index (χ3n) is 6.51. The van der Waals surface area contributed by atoms with Gasteiger partial charge in [-0.3, -0.25) is 14.9 Å². The maximum Gasteiger partial charge on any atom is 0.312 e. The molecular formula is C26H34FN3O6S. The Morgan fingerprint density at radius 2 is 1.81 bits per heavy atom. The van der Waals surface area contributed by atoms with Crippen LogP contribution in [0.1, 0.15) is 50.5 Å². The molecule has 0 spiro atoms. The van der Waals surface area contributed by atoms with Gasteiger partial charge in [0.25, 0.3) is 15.9 Å². The number of alkyl halides is 1. The zero-order valence-corrected chi connectivity index (χ0v) is 22.0. The number of hydrogen-bond donors (Lipinski definition) is 1. The fourth-order valence-electron chi connectivity index (χ4n) is 4.33. The van der Waals surface area contributed by atoms with E-state index in [1.807, 2.05) is 49.3 Å². The standard InChI is InChI=1S/C26H34FN3O6S/c1-29(2)18-15-21(12-11-20-9-5-3-6-10-20)36-24-14-13-22(19-23(24)30(32)33)37(34,35)28-25(31)26(27)16-7-4-8-17-26/h3,5-6,9-10,13-14,19,21H,4,7-8,11-12,15-18H2,1-2H3,(H,28,31)/t21-/m0/s1. The van der Waals surface area contributed by atoms with E-state index in [2.05, 4.69) is 0 Å². The number of amides is 1. The molecule has 1 aliphatic carbocycles. The van der Waals surface area contributed by atoms with E-state index in [9.17, 15) is 27.7 Å². The maximum absolute atomic E-state index is 14.9. The van der Waals surface area contributed by atoms with Crippen molar-refractivity contribution in [1.29, 1.82) is 0 Å². The van der Waals surface area contributed by atoms with E-state index >= 15 is 0 Å². The van der Waals surface area contributed by atoms with Crippen LogP contribution in [0.4, 0.5) is 10.1 Å². The fourth-order valence-corrected chi connectivity index (χ4v) is 5.39. The minimum atomic E-state index is -4.52. The summed E-state index contributed by atoms with van der Waals surface area (Å²) in [5, 5.41) is 11.8. The molecule has 0 aromatic heterocycles. The van der Waals surface area contributed by atoms with Gasteiger partial charge in [-0.25, -0.2) is 17.5 Å². The molecule has 3 rings (SSSR count). The lowest BCUT2D eigenvalue weighted by molar-refractivity contribution is -0.386. The van der Waals surface area contributed by atoms with Crippen molar-refractivity contribution in [2.75, 3.05) is 20.6 Å². The Kier molecular flexibility index (Phi) is 9.61. The Labute approximate surface area is 217 Å². The van der Waals surface area contributed by atoms with Gasteiger partial charge in [0.15, 0.2) is 11.4 Å². The molecule has 37 heavy (non-hydrogen) atoms. The highest BCUT2D eigenvalue weighted by Gasteiger charge is 2.41. The predicted molar refractivity (Wildman–Crippen MR) is 138 cm³/mol. The van der Waals surface area contributed by atoms with Gasteiger partial charge in [0, 0.05) is 12.6 Å². The zero-order valence-electron chi connectivity index (χ0n) is 21.2. The van der Waals surface area contributed by atoms with Gasteiger partial charge < -0.3 is 9.64 Å². The average molecular weight is 536 g/mol. The molecule has 1 amide bonds. The van der Waals surface area contributed by atoms with Crippen LogP contribution >= 0.6 is 0 Å². The van der Waals surface area contributed by atoms with Crippen LogP contribution in [0, 0.1) is 10.1 Å². The highest BCUT2D eigenvalue weighted by molar-refractivity contribution is 7.90. The summed E-state index contributed by atoms with van der Waals surface area (Å²) in [4.78, 5) is 25.0. The van der Waals surface area contributed by atoms with Crippen LogP contribution in [0.25, 0.3) is 0 Å². The lowest BCUT2D eigenvalue weighted by Crippen LogP contribution is -2.46. The summed E-state index contributed by atoms with van der Waals surface area (Å²) in [6.45, 7) is 0.691. The molecule has 0 bridgehead atoms. The maximum atomic E-state index is 14.9. The fraction of sp³-hybridized carbons (Fsp3) is 0.500. The summed E-state index contributed by atoms with van der Waals surface area (Å²) in [7, 11) is -0.690. The first-order valence-corrected chi connectivity index (χ1v) is 13.9. The number of carbonyl (C=O) groups excluding carboxylic acids is 1. The highest BCUT2D eigenvalue weighted by atomic mass is 32.2. The molecule has 1 aliphatic rings. The summed E-state index contributed by atoms with van der Waals surface area (Å²) < 4.78 is 48.4. The van der Waals surface area contributed by atoms with Crippen LogP contribution in [0.15, 0.2) is 53.4 Å².